The summed E-state index contributed by atoms with van der Waals surface area (Å²) in [5.74, 6) is -11.7. The lowest BCUT2D eigenvalue weighted by molar-refractivity contribution is -0.355. The lowest BCUT2D eigenvalue weighted by atomic mass is 9.96. The number of carbonyl (C=O) groups excluding carboxylic acids is 1. The Balaban J connectivity index is 2.62. The van der Waals surface area contributed by atoms with Gasteiger partial charge in [0.15, 0.2) is 0 Å². The molecule has 1 aromatic rings. The fourth-order valence-electron chi connectivity index (χ4n) is 2.34. The molecule has 0 aliphatic rings. The third-order valence-corrected chi connectivity index (χ3v) is 4.07. The first-order chi connectivity index (χ1) is 12.3. The van der Waals surface area contributed by atoms with E-state index in [1.807, 2.05) is 0 Å². The summed E-state index contributed by atoms with van der Waals surface area (Å²) in [6.45, 7) is 0. The van der Waals surface area contributed by atoms with E-state index in [9.17, 15) is 35.5 Å². The Morgan fingerprint density at radius 1 is 1.07 bits per heavy atom. The number of esters is 1. The highest BCUT2D eigenvalue weighted by atomic mass is 19.4. The normalized spacial score (nSPS) is 14.1. The van der Waals surface area contributed by atoms with Gasteiger partial charge in [-0.15, -0.1) is 0 Å². The highest BCUT2D eigenvalue weighted by Gasteiger charge is 2.72. The molecule has 3 nitrogen and oxygen atoms in total. The van der Waals surface area contributed by atoms with Gasteiger partial charge >= 0.3 is 24.0 Å². The smallest absolute Gasteiger partial charge is 0.459 e. The van der Waals surface area contributed by atoms with Crippen LogP contribution in [-0.2, 0) is 16.0 Å². The van der Waals surface area contributed by atoms with Crippen LogP contribution in [0.15, 0.2) is 24.3 Å². The van der Waals surface area contributed by atoms with Crippen molar-refractivity contribution in [2.75, 3.05) is 7.11 Å². The number of carbonyl (C=O) groups is 1. The van der Waals surface area contributed by atoms with Crippen LogP contribution in [0.5, 0.6) is 0 Å². The van der Waals surface area contributed by atoms with Crippen molar-refractivity contribution in [3.05, 3.63) is 35.4 Å². The van der Waals surface area contributed by atoms with Gasteiger partial charge in [-0.2, -0.15) is 30.7 Å². The molecule has 1 unspecified atom stereocenters. The highest BCUT2D eigenvalue weighted by Crippen LogP contribution is 2.48. The van der Waals surface area contributed by atoms with Crippen LogP contribution in [0, 0.1) is 0 Å². The standard InChI is InChI=1S/C17H20F7NO2/c1-27-14(26)4-2-3-11-5-7-12(8-6-11)13(25)9-10-15(18,19)16(20,21)17(22,23)24/h5-8,13H,2-4,9-10,25H2,1H3. The average Bonchev–Trinajstić information content (AvgIpc) is 2.59. The van der Waals surface area contributed by atoms with Gasteiger partial charge in [0, 0.05) is 18.9 Å². The second kappa shape index (κ2) is 8.90. The van der Waals surface area contributed by atoms with E-state index >= 15 is 0 Å². The summed E-state index contributed by atoms with van der Waals surface area (Å²) < 4.78 is 93.2. The molecule has 154 valence electrons. The molecule has 10 heteroatoms. The predicted molar refractivity (Wildman–Crippen MR) is 83.5 cm³/mol. The summed E-state index contributed by atoms with van der Waals surface area (Å²) in [5, 5.41) is 0. The van der Waals surface area contributed by atoms with Gasteiger partial charge in [0.1, 0.15) is 0 Å². The summed E-state index contributed by atoms with van der Waals surface area (Å²) in [4.78, 5) is 11.0. The highest BCUT2D eigenvalue weighted by molar-refractivity contribution is 5.69. The number of nitrogens with two attached hydrogens (primary N) is 1. The van der Waals surface area contributed by atoms with Gasteiger partial charge in [-0.25, -0.2) is 0 Å². The minimum absolute atomic E-state index is 0.222. The molecule has 0 spiro atoms. The van der Waals surface area contributed by atoms with Crippen LogP contribution in [0.1, 0.15) is 42.9 Å². The van der Waals surface area contributed by atoms with Crippen molar-refractivity contribution in [2.24, 2.45) is 5.73 Å². The Labute approximate surface area is 151 Å². The summed E-state index contributed by atoms with van der Waals surface area (Å²) >= 11 is 0. The molecule has 0 amide bonds. The third-order valence-electron chi connectivity index (χ3n) is 4.07. The molecular formula is C17H20F7NO2. The van der Waals surface area contributed by atoms with E-state index in [1.54, 1.807) is 12.1 Å². The fourth-order valence-corrected chi connectivity index (χ4v) is 2.34. The van der Waals surface area contributed by atoms with Crippen molar-refractivity contribution in [3.63, 3.8) is 0 Å². The number of aryl methyl sites for hydroxylation is 1. The van der Waals surface area contributed by atoms with Gasteiger partial charge in [0.05, 0.1) is 7.11 Å². The Hall–Kier alpha value is -1.84. The number of hydrogen-bond acceptors (Lipinski definition) is 3. The molecule has 0 saturated heterocycles. The molecule has 0 aromatic heterocycles. The van der Waals surface area contributed by atoms with Crippen LogP contribution < -0.4 is 5.73 Å². The number of hydrogen-bond donors (Lipinski definition) is 1. The number of benzene rings is 1. The molecular weight excluding hydrogens is 383 g/mol. The minimum Gasteiger partial charge on any atom is -0.469 e. The van der Waals surface area contributed by atoms with Crippen molar-refractivity contribution in [2.45, 2.75) is 56.2 Å². The van der Waals surface area contributed by atoms with Crippen LogP contribution in [-0.4, -0.2) is 31.1 Å². The van der Waals surface area contributed by atoms with E-state index < -0.39 is 36.9 Å². The van der Waals surface area contributed by atoms with Gasteiger partial charge in [0.2, 0.25) is 0 Å². The number of methoxy groups -OCH3 is 1. The minimum atomic E-state index is -6.34. The molecule has 0 fully saturated rings. The van der Waals surface area contributed by atoms with E-state index in [0.29, 0.717) is 18.4 Å². The van der Waals surface area contributed by atoms with Crippen LogP contribution in [0.25, 0.3) is 0 Å². The van der Waals surface area contributed by atoms with Gasteiger partial charge in [-0.3, -0.25) is 4.79 Å². The molecule has 0 aliphatic heterocycles. The SMILES string of the molecule is COC(=O)CCCc1ccc(C(N)CCC(F)(F)C(F)(F)C(F)(F)F)cc1. The number of halogens is 7. The largest absolute Gasteiger partial charge is 0.469 e. The average molecular weight is 403 g/mol. The lowest BCUT2D eigenvalue weighted by Crippen LogP contribution is -2.52. The van der Waals surface area contributed by atoms with E-state index in [0.717, 1.165) is 5.56 Å². The lowest BCUT2D eigenvalue weighted by Gasteiger charge is -2.29. The molecule has 27 heavy (non-hydrogen) atoms. The zero-order valence-corrected chi connectivity index (χ0v) is 14.5. The molecule has 1 atom stereocenters. The maximum atomic E-state index is 13.3. The van der Waals surface area contributed by atoms with Crippen molar-refractivity contribution >= 4 is 5.97 Å². The predicted octanol–water partition coefficient (Wildman–Crippen LogP) is 4.80. The maximum absolute atomic E-state index is 13.3. The number of ether oxygens (including phenoxy) is 1. The van der Waals surface area contributed by atoms with Gasteiger partial charge in [-0.05, 0) is 30.4 Å². The summed E-state index contributed by atoms with van der Waals surface area (Å²) in [6, 6.07) is 5.09. The van der Waals surface area contributed by atoms with E-state index in [2.05, 4.69) is 4.74 Å². The zero-order chi connectivity index (χ0) is 20.9. The Kier molecular flexibility index (Phi) is 7.65. The fraction of sp³-hybridized carbons (Fsp3) is 0.588. The quantitative estimate of drug-likeness (QED) is 0.476. The van der Waals surface area contributed by atoms with E-state index in [-0.39, 0.29) is 12.4 Å². The van der Waals surface area contributed by atoms with E-state index in [4.69, 9.17) is 5.73 Å². The Morgan fingerprint density at radius 3 is 2.11 bits per heavy atom. The van der Waals surface area contributed by atoms with Crippen molar-refractivity contribution in [1.82, 2.24) is 0 Å². The third kappa shape index (κ3) is 6.08. The second-order valence-corrected chi connectivity index (χ2v) is 6.09. The summed E-state index contributed by atoms with van der Waals surface area (Å²) in [7, 11) is 1.27. The molecule has 0 aliphatic carbocycles. The van der Waals surface area contributed by atoms with Crippen molar-refractivity contribution < 1.29 is 40.3 Å². The van der Waals surface area contributed by atoms with Crippen LogP contribution in [0.4, 0.5) is 30.7 Å². The maximum Gasteiger partial charge on any atom is 0.459 e. The second-order valence-electron chi connectivity index (χ2n) is 6.09. The molecule has 0 bridgehead atoms. The van der Waals surface area contributed by atoms with Crippen LogP contribution in [0.2, 0.25) is 0 Å². The van der Waals surface area contributed by atoms with Gasteiger partial charge < -0.3 is 10.5 Å². The first kappa shape index (κ1) is 23.2. The zero-order valence-electron chi connectivity index (χ0n) is 14.5. The van der Waals surface area contributed by atoms with Crippen molar-refractivity contribution in [3.8, 4) is 0 Å². The molecule has 2 N–H and O–H groups in total. The van der Waals surface area contributed by atoms with Gasteiger partial charge in [-0.1, -0.05) is 24.3 Å². The number of rotatable bonds is 9. The first-order valence-corrected chi connectivity index (χ1v) is 8.05. The summed E-state index contributed by atoms with van der Waals surface area (Å²) in [6.07, 6.45) is -7.51. The molecule has 1 rings (SSSR count). The molecule has 0 radical (unpaired) electrons. The summed E-state index contributed by atoms with van der Waals surface area (Å²) in [5.41, 5.74) is 6.80. The Bertz CT molecular complexity index is 615. The molecule has 1 aromatic carbocycles. The van der Waals surface area contributed by atoms with Gasteiger partial charge in [0.25, 0.3) is 0 Å². The Morgan fingerprint density at radius 2 is 1.63 bits per heavy atom. The van der Waals surface area contributed by atoms with E-state index in [1.165, 1.54) is 19.2 Å². The monoisotopic (exact) mass is 403 g/mol. The molecule has 0 heterocycles. The van der Waals surface area contributed by atoms with Crippen LogP contribution in [0.3, 0.4) is 0 Å². The number of alkyl halides is 7. The van der Waals surface area contributed by atoms with Crippen LogP contribution >= 0.6 is 0 Å². The molecule has 0 saturated carbocycles. The van der Waals surface area contributed by atoms with Crippen molar-refractivity contribution in [1.29, 1.82) is 0 Å². The topological polar surface area (TPSA) is 52.3 Å². The first-order valence-electron chi connectivity index (χ1n) is 8.05.